The second-order valence-corrected chi connectivity index (χ2v) is 10.1. The maximum atomic E-state index is 13.4. The maximum absolute atomic E-state index is 13.4. The van der Waals surface area contributed by atoms with Gasteiger partial charge in [-0.3, -0.25) is 9.59 Å². The first-order chi connectivity index (χ1) is 16.3. The van der Waals surface area contributed by atoms with Gasteiger partial charge in [-0.05, 0) is 55.0 Å². The molecule has 0 radical (unpaired) electrons. The van der Waals surface area contributed by atoms with Crippen LogP contribution >= 0.6 is 23.2 Å². The molecule has 1 aliphatic carbocycles. The second-order valence-electron chi connectivity index (χ2n) is 9.26. The molecule has 0 aromatic heterocycles. The van der Waals surface area contributed by atoms with E-state index in [1.54, 1.807) is 25.1 Å². The van der Waals surface area contributed by atoms with E-state index in [4.69, 9.17) is 27.9 Å². The van der Waals surface area contributed by atoms with Crippen LogP contribution < -0.4 is 10.1 Å². The van der Waals surface area contributed by atoms with Crippen molar-refractivity contribution in [2.45, 2.75) is 77.4 Å². The minimum absolute atomic E-state index is 0.159. The van der Waals surface area contributed by atoms with Gasteiger partial charge in [0.05, 0.1) is 0 Å². The van der Waals surface area contributed by atoms with Crippen molar-refractivity contribution in [2.75, 3.05) is 6.61 Å². The third-order valence-electron chi connectivity index (χ3n) is 6.37. The molecule has 2 aromatic rings. The lowest BCUT2D eigenvalue weighted by Crippen LogP contribution is -2.51. The monoisotopic (exact) mass is 504 g/mol. The number of hydrogen-bond donors (Lipinski definition) is 1. The Kier molecular flexibility index (Phi) is 9.66. The minimum Gasteiger partial charge on any atom is -0.483 e. The molecule has 0 saturated heterocycles. The summed E-state index contributed by atoms with van der Waals surface area (Å²) in [4.78, 5) is 28.0. The predicted octanol–water partition coefficient (Wildman–Crippen LogP) is 6.36. The van der Waals surface area contributed by atoms with Crippen molar-refractivity contribution in [1.82, 2.24) is 10.2 Å². The minimum atomic E-state index is -0.676. The van der Waals surface area contributed by atoms with Crippen molar-refractivity contribution in [3.63, 3.8) is 0 Å². The number of rotatable bonds is 9. The summed E-state index contributed by atoms with van der Waals surface area (Å²) < 4.78 is 5.93. The molecule has 0 spiro atoms. The molecule has 3 rings (SSSR count). The second kappa shape index (κ2) is 12.5. The highest BCUT2D eigenvalue weighted by molar-refractivity contribution is 6.35. The van der Waals surface area contributed by atoms with Crippen LogP contribution in [0.3, 0.4) is 0 Å². The van der Waals surface area contributed by atoms with Crippen LogP contribution in [0.1, 0.15) is 69.9 Å². The fraction of sp³-hybridized carbons (Fsp3) is 0.481. The molecule has 0 heterocycles. The molecule has 34 heavy (non-hydrogen) atoms. The Hall–Kier alpha value is -2.24. The molecule has 1 atom stereocenters. The third kappa shape index (κ3) is 7.13. The summed E-state index contributed by atoms with van der Waals surface area (Å²) in [7, 11) is 0. The van der Waals surface area contributed by atoms with Gasteiger partial charge >= 0.3 is 0 Å². The fourth-order valence-corrected chi connectivity index (χ4v) is 4.76. The van der Waals surface area contributed by atoms with Crippen molar-refractivity contribution in [1.29, 1.82) is 0 Å². The van der Waals surface area contributed by atoms with Crippen LogP contribution in [0.15, 0.2) is 42.5 Å². The zero-order valence-electron chi connectivity index (χ0n) is 20.2. The first-order valence-corrected chi connectivity index (χ1v) is 12.8. The Labute approximate surface area is 212 Å². The number of carbonyl (C=O) groups excluding carboxylic acids is 2. The number of hydrogen-bond acceptors (Lipinski definition) is 3. The Balaban J connectivity index is 1.77. The quantitative estimate of drug-likeness (QED) is 0.431. The van der Waals surface area contributed by atoms with Gasteiger partial charge in [-0.15, -0.1) is 0 Å². The number of ether oxygens (including phenoxy) is 1. The predicted molar refractivity (Wildman–Crippen MR) is 138 cm³/mol. The summed E-state index contributed by atoms with van der Waals surface area (Å²) in [6.45, 7) is 5.92. The highest BCUT2D eigenvalue weighted by atomic mass is 35.5. The van der Waals surface area contributed by atoms with E-state index in [-0.39, 0.29) is 36.9 Å². The first kappa shape index (κ1) is 26.4. The third-order valence-corrected chi connectivity index (χ3v) is 6.95. The van der Waals surface area contributed by atoms with Gasteiger partial charge in [0.2, 0.25) is 5.91 Å². The highest BCUT2D eigenvalue weighted by Crippen LogP contribution is 2.27. The zero-order chi connectivity index (χ0) is 24.7. The standard InChI is InChI=1S/C27H34Cl2N2O3/c1-18(2)23-11-7-8-12-25(23)34-17-26(32)31(16-20-13-14-21(28)15-24(20)29)19(3)27(33)30-22-9-5-4-6-10-22/h7-8,11-15,18-19,22H,4-6,9-10,16-17H2,1-3H3,(H,30,33)/t19-/m0/s1. The average Bonchev–Trinajstić information content (AvgIpc) is 2.82. The maximum Gasteiger partial charge on any atom is 0.261 e. The lowest BCUT2D eigenvalue weighted by Gasteiger charge is -2.31. The van der Waals surface area contributed by atoms with E-state index in [2.05, 4.69) is 19.2 Å². The number of amides is 2. The number of para-hydroxylation sites is 1. The molecule has 7 heteroatoms. The van der Waals surface area contributed by atoms with Gasteiger partial charge in [-0.1, -0.05) is 80.6 Å². The first-order valence-electron chi connectivity index (χ1n) is 12.0. The average molecular weight is 505 g/mol. The van der Waals surface area contributed by atoms with Crippen molar-refractivity contribution in [2.24, 2.45) is 0 Å². The van der Waals surface area contributed by atoms with Crippen molar-refractivity contribution in [3.8, 4) is 5.75 Å². The Morgan fingerprint density at radius 2 is 1.76 bits per heavy atom. The number of nitrogens with one attached hydrogen (secondary N) is 1. The molecule has 5 nitrogen and oxygen atoms in total. The number of carbonyl (C=O) groups is 2. The van der Waals surface area contributed by atoms with Gasteiger partial charge in [0.25, 0.3) is 5.91 Å². The Morgan fingerprint density at radius 3 is 2.44 bits per heavy atom. The van der Waals surface area contributed by atoms with Crippen LogP contribution in [0, 0.1) is 0 Å². The molecule has 0 aliphatic heterocycles. The molecule has 2 amide bonds. The summed E-state index contributed by atoms with van der Waals surface area (Å²) in [6, 6.07) is 12.3. The highest BCUT2D eigenvalue weighted by Gasteiger charge is 2.29. The number of benzene rings is 2. The van der Waals surface area contributed by atoms with Crippen LogP contribution in [0.5, 0.6) is 5.75 Å². The molecule has 0 bridgehead atoms. The topological polar surface area (TPSA) is 58.6 Å². The largest absolute Gasteiger partial charge is 0.483 e. The summed E-state index contributed by atoms with van der Waals surface area (Å²) >= 11 is 12.4. The van der Waals surface area contributed by atoms with E-state index in [0.717, 1.165) is 36.8 Å². The summed E-state index contributed by atoms with van der Waals surface area (Å²) in [5.41, 5.74) is 1.75. The summed E-state index contributed by atoms with van der Waals surface area (Å²) in [5.74, 6) is 0.494. The smallest absolute Gasteiger partial charge is 0.261 e. The van der Waals surface area contributed by atoms with Gasteiger partial charge in [-0.2, -0.15) is 0 Å². The SMILES string of the molecule is CC(C)c1ccccc1OCC(=O)N(Cc1ccc(Cl)cc1Cl)[C@@H](C)C(=O)NC1CCCCC1. The lowest BCUT2D eigenvalue weighted by atomic mass is 9.95. The van der Waals surface area contributed by atoms with Crippen molar-refractivity contribution < 1.29 is 14.3 Å². The van der Waals surface area contributed by atoms with E-state index in [1.165, 1.54) is 11.3 Å². The summed E-state index contributed by atoms with van der Waals surface area (Å²) in [6.07, 6.45) is 5.39. The molecule has 1 N–H and O–H groups in total. The van der Waals surface area contributed by atoms with Gasteiger partial charge in [0.1, 0.15) is 11.8 Å². The van der Waals surface area contributed by atoms with Crippen LogP contribution in [-0.2, 0) is 16.1 Å². The van der Waals surface area contributed by atoms with Crippen LogP contribution in [0.4, 0.5) is 0 Å². The zero-order valence-corrected chi connectivity index (χ0v) is 21.7. The molecular weight excluding hydrogens is 471 g/mol. The normalized spacial score (nSPS) is 15.1. The summed E-state index contributed by atoms with van der Waals surface area (Å²) in [5, 5.41) is 4.11. The van der Waals surface area contributed by atoms with Crippen LogP contribution in [0.2, 0.25) is 10.0 Å². The number of nitrogens with zero attached hydrogens (tertiary/aromatic N) is 1. The fourth-order valence-electron chi connectivity index (χ4n) is 4.30. The van der Waals surface area contributed by atoms with E-state index in [0.29, 0.717) is 15.8 Å². The molecule has 2 aromatic carbocycles. The molecule has 1 fully saturated rings. The van der Waals surface area contributed by atoms with E-state index >= 15 is 0 Å². The molecule has 184 valence electrons. The van der Waals surface area contributed by atoms with Crippen molar-refractivity contribution >= 4 is 35.0 Å². The van der Waals surface area contributed by atoms with Gasteiger partial charge < -0.3 is 15.0 Å². The van der Waals surface area contributed by atoms with Crippen LogP contribution in [0.25, 0.3) is 0 Å². The van der Waals surface area contributed by atoms with E-state index in [1.807, 2.05) is 24.3 Å². The Bertz CT molecular complexity index is 990. The number of halogens is 2. The van der Waals surface area contributed by atoms with E-state index < -0.39 is 6.04 Å². The molecule has 1 saturated carbocycles. The van der Waals surface area contributed by atoms with E-state index in [9.17, 15) is 9.59 Å². The van der Waals surface area contributed by atoms with Gasteiger partial charge in [0.15, 0.2) is 6.61 Å². The molecule has 0 unspecified atom stereocenters. The van der Waals surface area contributed by atoms with Gasteiger partial charge in [-0.25, -0.2) is 0 Å². The van der Waals surface area contributed by atoms with Gasteiger partial charge in [0, 0.05) is 22.6 Å². The lowest BCUT2D eigenvalue weighted by molar-refractivity contribution is -0.142. The van der Waals surface area contributed by atoms with Crippen LogP contribution in [-0.4, -0.2) is 35.4 Å². The van der Waals surface area contributed by atoms with Crippen molar-refractivity contribution in [3.05, 3.63) is 63.6 Å². The molecule has 1 aliphatic rings. The Morgan fingerprint density at radius 1 is 1.06 bits per heavy atom. The molecular formula is C27H34Cl2N2O3.